The minimum absolute atomic E-state index is 0.271. The molecule has 0 fully saturated rings. The molecule has 21 heavy (non-hydrogen) atoms. The van der Waals surface area contributed by atoms with Crippen molar-refractivity contribution in [1.29, 1.82) is 0 Å². The van der Waals surface area contributed by atoms with Crippen molar-refractivity contribution in [2.24, 2.45) is 0 Å². The van der Waals surface area contributed by atoms with E-state index in [1.165, 1.54) is 4.90 Å². The Morgan fingerprint density at radius 2 is 1.57 bits per heavy atom. The zero-order chi connectivity index (χ0) is 15.5. The zero-order valence-electron chi connectivity index (χ0n) is 11.8. The van der Waals surface area contributed by atoms with Crippen molar-refractivity contribution in [2.45, 2.75) is 0 Å². The van der Waals surface area contributed by atoms with E-state index in [1.54, 1.807) is 31.3 Å². The van der Waals surface area contributed by atoms with Crippen LogP contribution in [0.5, 0.6) is 0 Å². The van der Waals surface area contributed by atoms with Gasteiger partial charge in [0.25, 0.3) is 5.91 Å². The third kappa shape index (κ3) is 3.82. The Kier molecular flexibility index (Phi) is 4.28. The summed E-state index contributed by atoms with van der Waals surface area (Å²) in [4.78, 5) is 14.0. The van der Waals surface area contributed by atoms with E-state index in [0.717, 1.165) is 11.9 Å². The molecular weight excluding hydrogens is 288 g/mol. The molecule has 0 aliphatic carbocycles. The largest absolute Gasteiger partial charge is 0.311 e. The van der Waals surface area contributed by atoms with E-state index in [9.17, 15) is 13.2 Å². The summed E-state index contributed by atoms with van der Waals surface area (Å²) in [6.07, 6.45) is 1.05. The van der Waals surface area contributed by atoms with Crippen LogP contribution < -0.4 is 9.62 Å². The molecule has 0 spiro atoms. The molecule has 0 unspecified atom stereocenters. The number of nitrogens with one attached hydrogen (secondary N) is 1. The zero-order valence-corrected chi connectivity index (χ0v) is 12.6. The standard InChI is InChI=1S/C15H16N2O3S/c1-17(12-8-4-3-5-9-12)15(18)13-10-6-7-11-14(13)16-21(2,19)20/h3-11,16H,1-2H3. The van der Waals surface area contributed by atoms with E-state index in [1.807, 2.05) is 30.3 Å². The van der Waals surface area contributed by atoms with Crippen molar-refractivity contribution in [3.8, 4) is 0 Å². The quantitative estimate of drug-likeness (QED) is 0.942. The van der Waals surface area contributed by atoms with Crippen molar-refractivity contribution in [3.05, 3.63) is 60.2 Å². The number of amides is 1. The Balaban J connectivity index is 2.36. The highest BCUT2D eigenvalue weighted by Gasteiger charge is 2.18. The van der Waals surface area contributed by atoms with E-state index in [0.29, 0.717) is 5.56 Å². The Labute approximate surface area is 124 Å². The first-order valence-electron chi connectivity index (χ1n) is 6.28. The second-order valence-electron chi connectivity index (χ2n) is 4.62. The van der Waals surface area contributed by atoms with E-state index in [-0.39, 0.29) is 11.6 Å². The average Bonchev–Trinajstić information content (AvgIpc) is 2.45. The van der Waals surface area contributed by atoms with Crippen LogP contribution in [-0.4, -0.2) is 27.6 Å². The molecule has 0 aliphatic heterocycles. The van der Waals surface area contributed by atoms with Crippen molar-refractivity contribution < 1.29 is 13.2 Å². The summed E-state index contributed by atoms with van der Waals surface area (Å²) in [6.45, 7) is 0. The molecule has 0 atom stereocenters. The fourth-order valence-corrected chi connectivity index (χ4v) is 2.49. The lowest BCUT2D eigenvalue weighted by Gasteiger charge is -2.19. The number of anilines is 2. The van der Waals surface area contributed by atoms with E-state index in [2.05, 4.69) is 4.72 Å². The molecule has 0 aromatic heterocycles. The highest BCUT2D eigenvalue weighted by atomic mass is 32.2. The third-order valence-corrected chi connectivity index (χ3v) is 3.49. The van der Waals surface area contributed by atoms with Crippen LogP contribution in [0.1, 0.15) is 10.4 Å². The predicted octanol–water partition coefficient (Wildman–Crippen LogP) is 2.33. The van der Waals surface area contributed by atoms with Gasteiger partial charge in [0, 0.05) is 12.7 Å². The van der Waals surface area contributed by atoms with Gasteiger partial charge in [-0.2, -0.15) is 0 Å². The van der Waals surface area contributed by atoms with Crippen LogP contribution in [0, 0.1) is 0 Å². The van der Waals surface area contributed by atoms with Crippen molar-refractivity contribution in [3.63, 3.8) is 0 Å². The number of benzene rings is 2. The van der Waals surface area contributed by atoms with E-state index < -0.39 is 10.0 Å². The lowest BCUT2D eigenvalue weighted by Crippen LogP contribution is -2.27. The number of nitrogens with zero attached hydrogens (tertiary/aromatic N) is 1. The van der Waals surface area contributed by atoms with Gasteiger partial charge in [-0.05, 0) is 24.3 Å². The number of hydrogen-bond donors (Lipinski definition) is 1. The Hall–Kier alpha value is -2.34. The number of sulfonamides is 1. The second-order valence-corrected chi connectivity index (χ2v) is 6.37. The first kappa shape index (κ1) is 15.1. The van der Waals surface area contributed by atoms with Crippen LogP contribution in [0.25, 0.3) is 0 Å². The van der Waals surface area contributed by atoms with Crippen molar-refractivity contribution in [1.82, 2.24) is 0 Å². The van der Waals surface area contributed by atoms with Crippen LogP contribution in [-0.2, 0) is 10.0 Å². The van der Waals surface area contributed by atoms with E-state index >= 15 is 0 Å². The van der Waals surface area contributed by atoms with Gasteiger partial charge in [-0.3, -0.25) is 9.52 Å². The van der Waals surface area contributed by atoms with Crippen LogP contribution in [0.4, 0.5) is 11.4 Å². The Morgan fingerprint density at radius 3 is 2.19 bits per heavy atom. The summed E-state index contributed by atoms with van der Waals surface area (Å²) in [5.74, 6) is -0.284. The molecule has 0 radical (unpaired) electrons. The second kappa shape index (κ2) is 5.97. The summed E-state index contributed by atoms with van der Waals surface area (Å²) in [7, 11) is -1.80. The Morgan fingerprint density at radius 1 is 1.00 bits per heavy atom. The van der Waals surface area contributed by atoms with Gasteiger partial charge in [-0.1, -0.05) is 30.3 Å². The molecule has 110 valence electrons. The minimum atomic E-state index is -3.44. The van der Waals surface area contributed by atoms with Gasteiger partial charge in [-0.25, -0.2) is 8.42 Å². The van der Waals surface area contributed by atoms with Crippen LogP contribution in [0.3, 0.4) is 0 Å². The normalized spacial score (nSPS) is 11.0. The van der Waals surface area contributed by atoms with Crippen LogP contribution in [0.2, 0.25) is 0 Å². The first-order valence-corrected chi connectivity index (χ1v) is 8.17. The summed E-state index contributed by atoms with van der Waals surface area (Å²) in [5, 5.41) is 0. The first-order chi connectivity index (χ1) is 9.88. The molecule has 0 saturated carbocycles. The molecule has 2 aromatic carbocycles. The maximum atomic E-state index is 12.5. The van der Waals surface area contributed by atoms with Gasteiger partial charge in [0.05, 0.1) is 17.5 Å². The average molecular weight is 304 g/mol. The van der Waals surface area contributed by atoms with E-state index in [4.69, 9.17) is 0 Å². The number of hydrogen-bond acceptors (Lipinski definition) is 3. The minimum Gasteiger partial charge on any atom is -0.311 e. The van der Waals surface area contributed by atoms with Gasteiger partial charge < -0.3 is 4.90 Å². The molecule has 2 aromatic rings. The molecule has 2 rings (SSSR count). The summed E-state index contributed by atoms with van der Waals surface area (Å²) in [6, 6.07) is 15.7. The fourth-order valence-electron chi connectivity index (χ4n) is 1.91. The lowest BCUT2D eigenvalue weighted by molar-refractivity contribution is 0.0994. The molecule has 1 N–H and O–H groups in total. The van der Waals surface area contributed by atoms with Crippen molar-refractivity contribution >= 4 is 27.3 Å². The molecular formula is C15H16N2O3S. The number of carbonyl (C=O) groups excluding carboxylic acids is 1. The number of rotatable bonds is 4. The predicted molar refractivity (Wildman–Crippen MR) is 84.1 cm³/mol. The molecule has 0 heterocycles. The van der Waals surface area contributed by atoms with Crippen LogP contribution in [0.15, 0.2) is 54.6 Å². The van der Waals surface area contributed by atoms with Gasteiger partial charge in [0.2, 0.25) is 10.0 Å². The maximum Gasteiger partial charge on any atom is 0.260 e. The highest BCUT2D eigenvalue weighted by Crippen LogP contribution is 2.21. The Bertz CT molecular complexity index is 743. The van der Waals surface area contributed by atoms with Crippen molar-refractivity contribution in [2.75, 3.05) is 22.9 Å². The maximum absolute atomic E-state index is 12.5. The molecule has 0 saturated heterocycles. The SMILES string of the molecule is CN(C(=O)c1ccccc1NS(C)(=O)=O)c1ccccc1. The molecule has 6 heteroatoms. The van der Waals surface area contributed by atoms with Crippen LogP contribution >= 0.6 is 0 Å². The summed E-state index contributed by atoms with van der Waals surface area (Å²) < 4.78 is 25.1. The molecule has 0 bridgehead atoms. The number of carbonyl (C=O) groups is 1. The van der Waals surface area contributed by atoms with Gasteiger partial charge in [0.1, 0.15) is 0 Å². The highest BCUT2D eigenvalue weighted by molar-refractivity contribution is 7.92. The third-order valence-electron chi connectivity index (χ3n) is 2.90. The fraction of sp³-hybridized carbons (Fsp3) is 0.133. The van der Waals surface area contributed by atoms with Gasteiger partial charge >= 0.3 is 0 Å². The van der Waals surface area contributed by atoms with Gasteiger partial charge in [0.15, 0.2) is 0 Å². The lowest BCUT2D eigenvalue weighted by atomic mass is 10.1. The molecule has 5 nitrogen and oxygen atoms in total. The molecule has 0 aliphatic rings. The number of para-hydroxylation sites is 2. The summed E-state index contributed by atoms with van der Waals surface area (Å²) >= 11 is 0. The van der Waals surface area contributed by atoms with Gasteiger partial charge in [-0.15, -0.1) is 0 Å². The topological polar surface area (TPSA) is 66.5 Å². The monoisotopic (exact) mass is 304 g/mol. The smallest absolute Gasteiger partial charge is 0.260 e. The molecule has 1 amide bonds. The summed E-state index contributed by atoms with van der Waals surface area (Å²) in [5.41, 5.74) is 1.30.